The number of nitrogens with zero attached hydrogens (tertiary/aromatic N) is 2. The second-order valence-electron chi connectivity index (χ2n) is 5.16. The van der Waals surface area contributed by atoms with Crippen molar-refractivity contribution in [3.05, 3.63) is 53.8 Å². The number of halogens is 1. The molecular formula is C18H15FN2O4S. The number of hydrogen-bond acceptors (Lipinski definition) is 7. The maximum absolute atomic E-state index is 13.0. The second-order valence-corrected chi connectivity index (χ2v) is 6.08. The van der Waals surface area contributed by atoms with Crippen LogP contribution in [0.4, 0.5) is 4.39 Å². The molecule has 0 amide bonds. The second kappa shape index (κ2) is 8.01. The van der Waals surface area contributed by atoms with Crippen LogP contribution in [0.25, 0.3) is 11.5 Å². The Morgan fingerprint density at radius 3 is 2.58 bits per heavy atom. The quantitative estimate of drug-likeness (QED) is 0.459. The number of carbonyl (C=O) groups is 1. The number of ketones is 1. The average Bonchev–Trinajstić information content (AvgIpc) is 3.15. The molecule has 3 aromatic rings. The fraction of sp³-hybridized carbons (Fsp3) is 0.167. The standard InChI is InChI=1S/C18H15FN2O4S/c1-23-13-7-8-16(24-2)14(9-13)15(22)10-26-18-21-20-17(25-18)11-3-5-12(19)6-4-11/h3-9H,10H2,1-2H3. The number of aromatic nitrogens is 2. The largest absolute Gasteiger partial charge is 0.497 e. The van der Waals surface area contributed by atoms with Crippen molar-refractivity contribution in [2.45, 2.75) is 5.22 Å². The van der Waals surface area contributed by atoms with Crippen LogP contribution in [0, 0.1) is 5.82 Å². The molecule has 0 saturated carbocycles. The molecule has 0 bridgehead atoms. The molecule has 0 atom stereocenters. The van der Waals surface area contributed by atoms with E-state index < -0.39 is 0 Å². The molecule has 3 rings (SSSR count). The molecule has 0 saturated heterocycles. The molecular weight excluding hydrogens is 359 g/mol. The summed E-state index contributed by atoms with van der Waals surface area (Å²) in [5, 5.41) is 8.06. The Morgan fingerprint density at radius 2 is 1.88 bits per heavy atom. The summed E-state index contributed by atoms with van der Waals surface area (Å²) in [6, 6.07) is 10.7. The van der Waals surface area contributed by atoms with Crippen molar-refractivity contribution in [3.8, 4) is 23.0 Å². The van der Waals surface area contributed by atoms with E-state index in [0.717, 1.165) is 11.8 Å². The average molecular weight is 374 g/mol. The van der Waals surface area contributed by atoms with Gasteiger partial charge in [0.05, 0.1) is 25.5 Å². The molecule has 0 radical (unpaired) electrons. The first-order valence-electron chi connectivity index (χ1n) is 7.58. The monoisotopic (exact) mass is 374 g/mol. The molecule has 1 heterocycles. The lowest BCUT2D eigenvalue weighted by Crippen LogP contribution is -2.05. The fourth-order valence-corrected chi connectivity index (χ4v) is 2.86. The van der Waals surface area contributed by atoms with Crippen molar-refractivity contribution in [2.75, 3.05) is 20.0 Å². The number of Topliss-reactive ketones (excluding diaryl/α,β-unsaturated/α-hetero) is 1. The summed E-state index contributed by atoms with van der Waals surface area (Å²) < 4.78 is 28.8. The number of hydrogen-bond donors (Lipinski definition) is 0. The van der Waals surface area contributed by atoms with E-state index in [1.807, 2.05) is 0 Å². The van der Waals surface area contributed by atoms with Gasteiger partial charge in [0.1, 0.15) is 17.3 Å². The lowest BCUT2D eigenvalue weighted by atomic mass is 10.1. The van der Waals surface area contributed by atoms with E-state index in [4.69, 9.17) is 13.9 Å². The summed E-state index contributed by atoms with van der Waals surface area (Å²) in [4.78, 5) is 12.5. The van der Waals surface area contributed by atoms with E-state index in [1.54, 1.807) is 30.3 Å². The van der Waals surface area contributed by atoms with E-state index in [-0.39, 0.29) is 28.5 Å². The Kier molecular flexibility index (Phi) is 5.52. The summed E-state index contributed by atoms with van der Waals surface area (Å²) in [6.07, 6.45) is 0. The van der Waals surface area contributed by atoms with Crippen molar-refractivity contribution in [3.63, 3.8) is 0 Å². The van der Waals surface area contributed by atoms with E-state index in [2.05, 4.69) is 10.2 Å². The predicted molar refractivity (Wildman–Crippen MR) is 94.3 cm³/mol. The Hall–Kier alpha value is -2.87. The van der Waals surface area contributed by atoms with Gasteiger partial charge in [0.2, 0.25) is 5.89 Å². The SMILES string of the molecule is COc1ccc(OC)c(C(=O)CSc2nnc(-c3ccc(F)cc3)o2)c1. The lowest BCUT2D eigenvalue weighted by molar-refractivity contribution is 0.101. The lowest BCUT2D eigenvalue weighted by Gasteiger charge is -2.08. The predicted octanol–water partition coefficient (Wildman–Crippen LogP) is 3.87. The van der Waals surface area contributed by atoms with Gasteiger partial charge >= 0.3 is 0 Å². The zero-order valence-corrected chi connectivity index (χ0v) is 14.9. The molecule has 6 nitrogen and oxygen atoms in total. The van der Waals surface area contributed by atoms with Gasteiger partial charge in [-0.25, -0.2) is 4.39 Å². The number of ether oxygens (including phenoxy) is 2. The third-order valence-electron chi connectivity index (χ3n) is 3.53. The smallest absolute Gasteiger partial charge is 0.277 e. The van der Waals surface area contributed by atoms with Gasteiger partial charge in [-0.2, -0.15) is 0 Å². The minimum absolute atomic E-state index is 0.0918. The van der Waals surface area contributed by atoms with E-state index in [1.165, 1.54) is 26.4 Å². The minimum Gasteiger partial charge on any atom is -0.497 e. The van der Waals surface area contributed by atoms with Crippen molar-refractivity contribution in [2.24, 2.45) is 0 Å². The highest BCUT2D eigenvalue weighted by atomic mass is 32.2. The highest BCUT2D eigenvalue weighted by Gasteiger charge is 2.16. The van der Waals surface area contributed by atoms with Crippen LogP contribution < -0.4 is 9.47 Å². The fourth-order valence-electron chi connectivity index (χ4n) is 2.21. The number of thioether (sulfide) groups is 1. The van der Waals surface area contributed by atoms with Gasteiger partial charge in [-0.15, -0.1) is 10.2 Å². The maximum Gasteiger partial charge on any atom is 0.277 e. The molecule has 0 aliphatic carbocycles. The molecule has 8 heteroatoms. The Labute approximate surface area is 153 Å². The number of carbonyl (C=O) groups excluding carboxylic acids is 1. The molecule has 0 N–H and O–H groups in total. The summed E-state index contributed by atoms with van der Waals surface area (Å²) >= 11 is 1.11. The van der Waals surface area contributed by atoms with Crippen LogP contribution in [0.15, 0.2) is 52.1 Å². The normalized spacial score (nSPS) is 10.6. The van der Waals surface area contributed by atoms with Gasteiger partial charge in [-0.05, 0) is 42.5 Å². The van der Waals surface area contributed by atoms with Crippen molar-refractivity contribution in [1.82, 2.24) is 10.2 Å². The van der Waals surface area contributed by atoms with Crippen LogP contribution in [0.5, 0.6) is 11.5 Å². The van der Waals surface area contributed by atoms with E-state index >= 15 is 0 Å². The van der Waals surface area contributed by atoms with Gasteiger partial charge in [0.25, 0.3) is 5.22 Å². The summed E-state index contributed by atoms with van der Waals surface area (Å²) in [6.45, 7) is 0. The summed E-state index contributed by atoms with van der Waals surface area (Å²) in [5.41, 5.74) is 1.02. The van der Waals surface area contributed by atoms with Crippen molar-refractivity contribution >= 4 is 17.5 Å². The summed E-state index contributed by atoms with van der Waals surface area (Å²) in [5.74, 6) is 0.880. The van der Waals surface area contributed by atoms with Gasteiger partial charge in [0, 0.05) is 5.56 Å². The van der Waals surface area contributed by atoms with Crippen molar-refractivity contribution < 1.29 is 23.1 Å². The zero-order chi connectivity index (χ0) is 18.5. The molecule has 0 fully saturated rings. The van der Waals surface area contributed by atoms with E-state index in [0.29, 0.717) is 22.6 Å². The molecule has 26 heavy (non-hydrogen) atoms. The highest BCUT2D eigenvalue weighted by Crippen LogP contribution is 2.28. The number of benzene rings is 2. The molecule has 0 aliphatic rings. The molecule has 2 aromatic carbocycles. The first-order chi connectivity index (χ1) is 12.6. The molecule has 0 aliphatic heterocycles. The molecule has 134 valence electrons. The molecule has 0 unspecified atom stereocenters. The third kappa shape index (κ3) is 4.02. The number of methoxy groups -OCH3 is 2. The van der Waals surface area contributed by atoms with Crippen LogP contribution in [-0.4, -0.2) is 36.0 Å². The van der Waals surface area contributed by atoms with Crippen LogP contribution in [0.2, 0.25) is 0 Å². The van der Waals surface area contributed by atoms with Crippen molar-refractivity contribution in [1.29, 1.82) is 0 Å². The van der Waals surface area contributed by atoms with Crippen LogP contribution in [-0.2, 0) is 0 Å². The Bertz CT molecular complexity index is 912. The van der Waals surface area contributed by atoms with Gasteiger partial charge in [-0.1, -0.05) is 11.8 Å². The van der Waals surface area contributed by atoms with E-state index in [9.17, 15) is 9.18 Å². The number of rotatable bonds is 7. The van der Waals surface area contributed by atoms with Gasteiger partial charge < -0.3 is 13.9 Å². The summed E-state index contributed by atoms with van der Waals surface area (Å²) in [7, 11) is 3.03. The van der Waals surface area contributed by atoms with Crippen LogP contribution >= 0.6 is 11.8 Å². The first-order valence-corrected chi connectivity index (χ1v) is 8.56. The topological polar surface area (TPSA) is 74.5 Å². The van der Waals surface area contributed by atoms with Gasteiger partial charge in [0.15, 0.2) is 5.78 Å². The minimum atomic E-state index is -0.347. The highest BCUT2D eigenvalue weighted by molar-refractivity contribution is 7.99. The molecule has 1 aromatic heterocycles. The van der Waals surface area contributed by atoms with Crippen LogP contribution in [0.1, 0.15) is 10.4 Å². The Morgan fingerprint density at radius 1 is 1.12 bits per heavy atom. The first kappa shape index (κ1) is 17.9. The Balaban J connectivity index is 1.70. The molecule has 0 spiro atoms. The zero-order valence-electron chi connectivity index (χ0n) is 14.1. The van der Waals surface area contributed by atoms with Gasteiger partial charge in [-0.3, -0.25) is 4.79 Å². The third-order valence-corrected chi connectivity index (χ3v) is 4.35. The maximum atomic E-state index is 13.0. The van der Waals surface area contributed by atoms with Crippen LogP contribution in [0.3, 0.4) is 0 Å².